The van der Waals surface area contributed by atoms with Crippen LogP contribution in [0, 0.1) is 6.92 Å². The molecule has 4 nitrogen and oxygen atoms in total. The predicted octanol–water partition coefficient (Wildman–Crippen LogP) is 13.3. The maximum absolute atomic E-state index is 10.7. The Balaban J connectivity index is 2.39. The zero-order chi connectivity index (χ0) is 36.1. The van der Waals surface area contributed by atoms with E-state index in [0.717, 1.165) is 70.6 Å². The van der Waals surface area contributed by atoms with Gasteiger partial charge in [-0.1, -0.05) is 75.5 Å². The van der Waals surface area contributed by atoms with E-state index in [2.05, 4.69) is 91.5 Å². The fourth-order valence-electron chi connectivity index (χ4n) is 5.76. The Morgan fingerprint density at radius 1 is 0.521 bits per heavy atom. The molecule has 0 fully saturated rings. The summed E-state index contributed by atoms with van der Waals surface area (Å²) in [5.41, 5.74) is 11.2. The van der Waals surface area contributed by atoms with Crippen molar-refractivity contribution in [2.45, 2.75) is 145 Å². The summed E-state index contributed by atoms with van der Waals surface area (Å²) in [5, 5.41) is 21.2. The number of benzene rings is 1. The van der Waals surface area contributed by atoms with E-state index in [9.17, 15) is 10.2 Å². The van der Waals surface area contributed by atoms with Crippen molar-refractivity contribution in [1.82, 2.24) is 0 Å². The van der Waals surface area contributed by atoms with Gasteiger partial charge in [0.15, 0.2) is 11.5 Å². The highest BCUT2D eigenvalue weighted by molar-refractivity contribution is 5.66. The number of ether oxygens (including phenoxy) is 2. The van der Waals surface area contributed by atoms with Crippen molar-refractivity contribution < 1.29 is 19.7 Å². The van der Waals surface area contributed by atoms with Gasteiger partial charge in [0.2, 0.25) is 11.5 Å². The van der Waals surface area contributed by atoms with Crippen LogP contribution in [0.25, 0.3) is 0 Å². The maximum atomic E-state index is 10.7. The van der Waals surface area contributed by atoms with Crippen LogP contribution >= 0.6 is 0 Å². The lowest BCUT2D eigenvalue weighted by atomic mass is 9.99. The highest BCUT2D eigenvalue weighted by atomic mass is 16.5. The summed E-state index contributed by atoms with van der Waals surface area (Å²) in [6, 6.07) is 0. The predicted molar refractivity (Wildman–Crippen MR) is 209 cm³/mol. The van der Waals surface area contributed by atoms with Gasteiger partial charge in [-0.15, -0.1) is 6.58 Å². The number of allylic oxidation sites excluding steroid dienone is 13. The lowest BCUT2D eigenvalue weighted by molar-refractivity contribution is 0.314. The largest absolute Gasteiger partial charge is 0.504 e. The van der Waals surface area contributed by atoms with Crippen LogP contribution in [-0.4, -0.2) is 24.4 Å². The first kappa shape index (κ1) is 42.6. The Kier molecular flexibility index (Phi) is 21.2. The highest BCUT2D eigenvalue weighted by Crippen LogP contribution is 2.48. The normalized spacial score (nSPS) is 13.7. The van der Waals surface area contributed by atoms with E-state index in [1.54, 1.807) is 6.92 Å². The summed E-state index contributed by atoms with van der Waals surface area (Å²) in [4.78, 5) is 0. The number of phenols is 2. The van der Waals surface area contributed by atoms with Gasteiger partial charge in [0, 0.05) is 11.1 Å². The van der Waals surface area contributed by atoms with Gasteiger partial charge in [-0.25, -0.2) is 0 Å². The Morgan fingerprint density at radius 3 is 1.21 bits per heavy atom. The summed E-state index contributed by atoms with van der Waals surface area (Å²) in [7, 11) is 2.91. The minimum atomic E-state index is 0.00633. The van der Waals surface area contributed by atoms with Crippen molar-refractivity contribution in [2.75, 3.05) is 14.2 Å². The third-order valence-electron chi connectivity index (χ3n) is 9.13. The monoisotopic (exact) mass is 661 g/mol. The molecule has 0 aromatic heterocycles. The zero-order valence-electron chi connectivity index (χ0n) is 32.3. The molecule has 48 heavy (non-hydrogen) atoms. The molecule has 0 saturated carbocycles. The molecule has 1 rings (SSSR count). The van der Waals surface area contributed by atoms with Crippen LogP contribution < -0.4 is 9.47 Å². The van der Waals surface area contributed by atoms with Crippen molar-refractivity contribution in [2.24, 2.45) is 0 Å². The molecule has 0 aliphatic carbocycles. The van der Waals surface area contributed by atoms with Crippen molar-refractivity contribution >= 4 is 0 Å². The molecule has 0 aliphatic heterocycles. The van der Waals surface area contributed by atoms with E-state index < -0.39 is 0 Å². The average Bonchev–Trinajstić information content (AvgIpc) is 3.02. The van der Waals surface area contributed by atoms with Gasteiger partial charge in [-0.05, 0) is 145 Å². The second-order valence-corrected chi connectivity index (χ2v) is 13.9. The van der Waals surface area contributed by atoms with Crippen molar-refractivity contribution in [3.63, 3.8) is 0 Å². The molecule has 0 radical (unpaired) electrons. The standard InChI is InChI=1S/C44H68O4/c1-32(2)18-12-19-33(3)20-13-21-34(4)22-14-23-35(5)24-15-25-36(6)26-16-27-37(7)28-17-29-38(8)30-31-40-39(9)41(45)43(47-10)44(48-11)42(40)46/h20,22,24,26,28,30,45-46H,1,12-19,21,23,25,27,29,31H2,2-11H3/b33-20+,34-22+,35-24+,36-26+,37-28+,38-30+. The third kappa shape index (κ3) is 17.1. The fourth-order valence-corrected chi connectivity index (χ4v) is 5.76. The minimum Gasteiger partial charge on any atom is -0.504 e. The Labute approximate surface area is 294 Å². The van der Waals surface area contributed by atoms with E-state index >= 15 is 0 Å². The molecule has 0 amide bonds. The van der Waals surface area contributed by atoms with Crippen molar-refractivity contribution in [3.8, 4) is 23.0 Å². The lowest BCUT2D eigenvalue weighted by Crippen LogP contribution is -1.98. The first-order valence-electron chi connectivity index (χ1n) is 18.0. The van der Waals surface area contributed by atoms with E-state index in [4.69, 9.17) is 9.47 Å². The quantitative estimate of drug-likeness (QED) is 0.0906. The Bertz CT molecular complexity index is 1350. The SMILES string of the molecule is C=C(C)CCC/C(C)=C/CC/C(C)=C/CC/C(C)=C/CC/C(C)=C/CC/C(C)=C/CC/C(C)=C/Cc1c(C)c(O)c(OC)c(OC)c1O. The summed E-state index contributed by atoms with van der Waals surface area (Å²) in [5.74, 6) is 0.356. The molecule has 1 aromatic carbocycles. The second kappa shape index (κ2) is 23.8. The van der Waals surface area contributed by atoms with Crippen LogP contribution in [0.5, 0.6) is 23.0 Å². The summed E-state index contributed by atoms with van der Waals surface area (Å²) in [6.07, 6.45) is 29.2. The molecular weight excluding hydrogens is 592 g/mol. The molecule has 0 aliphatic rings. The average molecular weight is 661 g/mol. The molecule has 0 heterocycles. The number of aromatic hydroxyl groups is 2. The van der Waals surface area contributed by atoms with Crippen molar-refractivity contribution in [3.05, 3.63) is 93.2 Å². The van der Waals surface area contributed by atoms with Gasteiger partial charge < -0.3 is 19.7 Å². The number of hydrogen-bond donors (Lipinski definition) is 2. The van der Waals surface area contributed by atoms with E-state index in [1.807, 2.05) is 0 Å². The zero-order valence-corrected chi connectivity index (χ0v) is 32.3. The van der Waals surface area contributed by atoms with Crippen LogP contribution in [0.4, 0.5) is 0 Å². The topological polar surface area (TPSA) is 58.9 Å². The number of hydrogen-bond acceptors (Lipinski definition) is 4. The third-order valence-corrected chi connectivity index (χ3v) is 9.13. The highest BCUT2D eigenvalue weighted by Gasteiger charge is 2.22. The van der Waals surface area contributed by atoms with Gasteiger partial charge >= 0.3 is 0 Å². The number of rotatable bonds is 23. The van der Waals surface area contributed by atoms with E-state index in [0.29, 0.717) is 17.5 Å². The minimum absolute atomic E-state index is 0.00633. The van der Waals surface area contributed by atoms with Crippen LogP contribution in [0.15, 0.2) is 82.0 Å². The molecule has 1 aromatic rings. The first-order chi connectivity index (χ1) is 22.8. The van der Waals surface area contributed by atoms with Crippen LogP contribution in [0.3, 0.4) is 0 Å². The number of phenolic OH excluding ortho intramolecular Hbond substituents is 2. The van der Waals surface area contributed by atoms with Crippen LogP contribution in [0.2, 0.25) is 0 Å². The molecule has 268 valence electrons. The van der Waals surface area contributed by atoms with Crippen molar-refractivity contribution in [1.29, 1.82) is 0 Å². The summed E-state index contributed by atoms with van der Waals surface area (Å²) >= 11 is 0. The molecular formula is C44H68O4. The summed E-state index contributed by atoms with van der Waals surface area (Å²) < 4.78 is 10.5. The molecule has 0 saturated heterocycles. The smallest absolute Gasteiger partial charge is 0.207 e. The molecule has 0 atom stereocenters. The maximum Gasteiger partial charge on any atom is 0.207 e. The Hall–Kier alpha value is -3.40. The van der Waals surface area contributed by atoms with E-state index in [-0.39, 0.29) is 23.0 Å². The van der Waals surface area contributed by atoms with E-state index in [1.165, 1.54) is 66.1 Å². The first-order valence-corrected chi connectivity index (χ1v) is 18.0. The number of methoxy groups -OCH3 is 2. The van der Waals surface area contributed by atoms with Gasteiger partial charge in [0.05, 0.1) is 14.2 Å². The molecule has 0 spiro atoms. The van der Waals surface area contributed by atoms with Gasteiger partial charge in [0.25, 0.3) is 0 Å². The van der Waals surface area contributed by atoms with Crippen LogP contribution in [0.1, 0.15) is 143 Å². The van der Waals surface area contributed by atoms with Gasteiger partial charge in [-0.3, -0.25) is 0 Å². The molecule has 0 bridgehead atoms. The molecule has 0 unspecified atom stereocenters. The molecule has 4 heteroatoms. The Morgan fingerprint density at radius 2 is 0.854 bits per heavy atom. The summed E-state index contributed by atoms with van der Waals surface area (Å²) in [6.45, 7) is 21.3. The molecule has 2 N–H and O–H groups in total. The lowest BCUT2D eigenvalue weighted by Gasteiger charge is -2.17. The van der Waals surface area contributed by atoms with Gasteiger partial charge in [0.1, 0.15) is 0 Å². The second-order valence-electron chi connectivity index (χ2n) is 13.9. The van der Waals surface area contributed by atoms with Gasteiger partial charge in [-0.2, -0.15) is 0 Å². The van der Waals surface area contributed by atoms with Crippen LogP contribution in [-0.2, 0) is 6.42 Å². The fraction of sp³-hybridized carbons (Fsp3) is 0.545.